The predicted molar refractivity (Wildman–Crippen MR) is 281 cm³/mol. The van der Waals surface area contributed by atoms with Crippen LogP contribution >= 0.6 is 0 Å². The van der Waals surface area contributed by atoms with Gasteiger partial charge in [0.2, 0.25) is 17.7 Å². The van der Waals surface area contributed by atoms with Crippen molar-refractivity contribution in [2.75, 3.05) is 39.3 Å². The molecule has 0 aliphatic carbocycles. The highest BCUT2D eigenvalue weighted by Crippen LogP contribution is 2.32. The van der Waals surface area contributed by atoms with Crippen LogP contribution in [0.1, 0.15) is 116 Å². The van der Waals surface area contributed by atoms with Crippen LogP contribution < -0.4 is 14.2 Å². The number of amides is 3. The van der Waals surface area contributed by atoms with Crippen molar-refractivity contribution in [2.45, 2.75) is 70.1 Å². The normalized spacial score (nSPS) is 17.1. The Morgan fingerprint density at radius 1 is 0.456 bits per heavy atom. The molecule has 0 spiro atoms. The summed E-state index contributed by atoms with van der Waals surface area (Å²) in [7, 11) is 0. The van der Waals surface area contributed by atoms with Gasteiger partial charge < -0.3 is 47.0 Å². The number of hydrogen-bond donors (Lipinski definition) is 0. The molecule has 3 fully saturated rings. The van der Waals surface area contributed by atoms with Gasteiger partial charge in [-0.1, -0.05) is 59.8 Å². The first-order valence-electron chi connectivity index (χ1n) is 26.0. The number of pyridine rings is 2. The molecule has 0 saturated carbocycles. The predicted octanol–water partition coefficient (Wildman–Crippen LogP) is 10.0. The lowest BCUT2D eigenvalue weighted by Crippen LogP contribution is -2.39. The number of benzene rings is 3. The zero-order valence-corrected chi connectivity index (χ0v) is 43.4. The van der Waals surface area contributed by atoms with Gasteiger partial charge in [-0.15, -0.1) is 0 Å². The summed E-state index contributed by atoms with van der Waals surface area (Å²) in [5.74, 6) is 3.86. The first kappa shape index (κ1) is 52.8. The van der Waals surface area contributed by atoms with Gasteiger partial charge >= 0.3 is 18.0 Å². The van der Waals surface area contributed by atoms with Crippen LogP contribution in [0.4, 0.5) is 0 Å². The van der Waals surface area contributed by atoms with E-state index in [0.29, 0.717) is 95.8 Å². The maximum atomic E-state index is 12.9. The fourth-order valence-electron chi connectivity index (χ4n) is 9.45. The Morgan fingerprint density at radius 2 is 0.873 bits per heavy atom. The van der Waals surface area contributed by atoms with Gasteiger partial charge in [0, 0.05) is 69.6 Å². The molecule has 0 radical (unpaired) electrons. The van der Waals surface area contributed by atoms with Gasteiger partial charge in [0.25, 0.3) is 17.7 Å². The third-order valence-electron chi connectivity index (χ3n) is 13.4. The Labute approximate surface area is 453 Å². The molecule has 0 N–H and O–H groups in total. The molecule has 404 valence electrons. The molecule has 3 aliphatic rings. The Bertz CT molecular complexity index is 3210. The molecule has 3 saturated heterocycles. The van der Waals surface area contributed by atoms with Crippen molar-refractivity contribution >= 4 is 17.7 Å². The number of carbonyl (C=O) groups is 3. The van der Waals surface area contributed by atoms with Gasteiger partial charge in [-0.05, 0) is 129 Å². The monoisotopic (exact) mass is 1070 g/mol. The third-order valence-corrected chi connectivity index (χ3v) is 13.4. The summed E-state index contributed by atoms with van der Waals surface area (Å²) in [6.45, 7) is 7.24. The second-order valence-corrected chi connectivity index (χ2v) is 18.9. The van der Waals surface area contributed by atoms with E-state index in [0.717, 1.165) is 45.1 Å². The van der Waals surface area contributed by atoms with Gasteiger partial charge in [-0.2, -0.15) is 15.0 Å². The lowest BCUT2D eigenvalue weighted by atomic mass is 9.97. The van der Waals surface area contributed by atoms with Gasteiger partial charge in [-0.3, -0.25) is 24.4 Å². The molecule has 22 nitrogen and oxygen atoms in total. The molecule has 3 aromatic carbocycles. The molecule has 3 atom stereocenters. The molecule has 22 heteroatoms. The van der Waals surface area contributed by atoms with Crippen molar-refractivity contribution in [3.8, 4) is 35.3 Å². The smallest absolute Gasteiger partial charge is 0.359 e. The molecule has 6 aromatic heterocycles. The quantitative estimate of drug-likeness (QED) is 0.110. The van der Waals surface area contributed by atoms with Gasteiger partial charge in [0.1, 0.15) is 28.6 Å². The van der Waals surface area contributed by atoms with Crippen molar-refractivity contribution in [3.05, 3.63) is 186 Å². The number of hydrogen-bond acceptors (Lipinski definition) is 19. The number of likely N-dealkylation sites (tertiary alicyclic amines) is 3. The third kappa shape index (κ3) is 13.7. The SMILES string of the molecule is Cc1noc(C)c1C(=O)N1CCC[C@H](c2nc(Oc3ccccc3)no2)C1.O=C(c1cccnc1)N1CCC[C@H](c2nc(Oc3ccccc3)no2)C1.O=C(c1ccncc1)N1CCC[C@H](c2nc(Oc3ccccc3)no2)C1. The summed E-state index contributed by atoms with van der Waals surface area (Å²) in [6.07, 6.45) is 11.8. The maximum absolute atomic E-state index is 12.9. The summed E-state index contributed by atoms with van der Waals surface area (Å²) in [5, 5.41) is 15.6. The summed E-state index contributed by atoms with van der Waals surface area (Å²) < 4.78 is 38.0. The average molecular weight is 1070 g/mol. The van der Waals surface area contributed by atoms with E-state index >= 15 is 0 Å². The Kier molecular flexibility index (Phi) is 17.0. The summed E-state index contributed by atoms with van der Waals surface area (Å²) >= 11 is 0. The molecule has 12 rings (SSSR count). The number of piperidine rings is 3. The lowest BCUT2D eigenvalue weighted by molar-refractivity contribution is 0.0686. The highest BCUT2D eigenvalue weighted by Gasteiger charge is 2.33. The Balaban J connectivity index is 0.000000134. The molecule has 3 amide bonds. The van der Waals surface area contributed by atoms with Crippen LogP contribution in [-0.4, -0.2) is 117 Å². The van der Waals surface area contributed by atoms with Crippen LogP contribution in [0, 0.1) is 13.8 Å². The fraction of sp³-hybridized carbons (Fsp3) is 0.298. The number of ether oxygens (including phenoxy) is 3. The minimum Gasteiger partial charge on any atom is -0.422 e. The van der Waals surface area contributed by atoms with Crippen LogP contribution in [0.5, 0.6) is 35.3 Å². The van der Waals surface area contributed by atoms with E-state index in [1.165, 1.54) is 0 Å². The summed E-state index contributed by atoms with van der Waals surface area (Å²) in [4.78, 5) is 64.6. The molecule has 0 bridgehead atoms. The number of aryl methyl sites for hydroxylation is 2. The Morgan fingerprint density at radius 3 is 1.27 bits per heavy atom. The maximum Gasteiger partial charge on any atom is 0.359 e. The van der Waals surface area contributed by atoms with E-state index in [1.807, 2.05) is 101 Å². The average Bonchev–Trinajstić information content (AvgIpc) is 4.39. The van der Waals surface area contributed by atoms with Gasteiger partial charge in [0.05, 0.1) is 29.0 Å². The lowest BCUT2D eigenvalue weighted by Gasteiger charge is -2.31. The largest absolute Gasteiger partial charge is 0.422 e. The molecule has 0 unspecified atom stereocenters. The van der Waals surface area contributed by atoms with E-state index in [4.69, 9.17) is 32.3 Å². The number of para-hydroxylation sites is 3. The topological polar surface area (TPSA) is 257 Å². The summed E-state index contributed by atoms with van der Waals surface area (Å²) in [5.41, 5.74) is 2.37. The standard InChI is InChI=1S/C19H20N4O4.2C19H18N4O3/c1-12-16(13(2)26-21-12)18(24)23-10-6-7-14(11-23)17-20-19(22-27-17)25-15-8-4-3-5-9-15;24-18(14-6-4-10-20-12-14)23-11-5-7-15(13-23)17-21-19(22-26-17)25-16-8-2-1-3-9-16;24-18(14-8-10-20-11-9-14)23-12-4-5-15(13-23)17-21-19(22-26-17)25-16-6-2-1-3-7-16/h3-5,8-9,14H,6-7,10-11H2,1-2H3;1-4,6,8-10,12,15H,5,7,11,13H2;1-3,6-11,15H,4-5,12-13H2/t14-;2*15-/m000/s1. The van der Waals surface area contributed by atoms with Crippen molar-refractivity contribution in [3.63, 3.8) is 0 Å². The van der Waals surface area contributed by atoms with E-state index in [-0.39, 0.29) is 53.5 Å². The minimum absolute atomic E-state index is 0.00243. The molecular formula is C57H56N12O10. The summed E-state index contributed by atoms with van der Waals surface area (Å²) in [6, 6.07) is 35.4. The second kappa shape index (κ2) is 25.5. The van der Waals surface area contributed by atoms with E-state index in [2.05, 4.69) is 45.5 Å². The fourth-order valence-corrected chi connectivity index (χ4v) is 9.45. The van der Waals surface area contributed by atoms with E-state index in [9.17, 15) is 14.4 Å². The highest BCUT2D eigenvalue weighted by molar-refractivity contribution is 5.96. The van der Waals surface area contributed by atoms with Crippen LogP contribution in [-0.2, 0) is 0 Å². The van der Waals surface area contributed by atoms with Crippen molar-refractivity contribution in [2.24, 2.45) is 0 Å². The number of nitrogens with zero attached hydrogens (tertiary/aromatic N) is 12. The van der Waals surface area contributed by atoms with Crippen molar-refractivity contribution in [1.82, 2.24) is 60.2 Å². The van der Waals surface area contributed by atoms with Crippen LogP contribution in [0.15, 0.2) is 158 Å². The molecular weight excluding hydrogens is 1010 g/mol. The first-order valence-corrected chi connectivity index (χ1v) is 26.0. The Hall–Kier alpha value is -9.60. The van der Waals surface area contributed by atoms with Crippen LogP contribution in [0.3, 0.4) is 0 Å². The molecule has 79 heavy (non-hydrogen) atoms. The zero-order chi connectivity index (χ0) is 54.3. The second-order valence-electron chi connectivity index (χ2n) is 18.9. The minimum atomic E-state index is -0.0729. The van der Waals surface area contributed by atoms with E-state index in [1.54, 1.807) is 67.8 Å². The molecule has 9 heterocycles. The zero-order valence-electron chi connectivity index (χ0n) is 43.4. The number of rotatable bonds is 12. The van der Waals surface area contributed by atoms with E-state index < -0.39 is 0 Å². The number of carbonyl (C=O) groups excluding carboxylic acids is 3. The first-order chi connectivity index (χ1) is 38.7. The molecule has 3 aliphatic heterocycles. The molecule has 9 aromatic rings. The number of aromatic nitrogens is 9. The van der Waals surface area contributed by atoms with Gasteiger partial charge in [0.15, 0.2) is 0 Å². The van der Waals surface area contributed by atoms with Crippen molar-refractivity contribution < 1.29 is 46.7 Å². The van der Waals surface area contributed by atoms with Crippen LogP contribution in [0.2, 0.25) is 0 Å². The van der Waals surface area contributed by atoms with Crippen LogP contribution in [0.25, 0.3) is 0 Å². The van der Waals surface area contributed by atoms with Crippen molar-refractivity contribution in [1.29, 1.82) is 0 Å². The highest BCUT2D eigenvalue weighted by atomic mass is 16.6. The van der Waals surface area contributed by atoms with Gasteiger partial charge in [-0.25, -0.2) is 0 Å².